The summed E-state index contributed by atoms with van der Waals surface area (Å²) in [6.07, 6.45) is 1.07. The molecule has 0 bridgehead atoms. The molecule has 1 aliphatic rings. The van der Waals surface area contributed by atoms with E-state index in [-0.39, 0.29) is 18.3 Å². The predicted molar refractivity (Wildman–Crippen MR) is 98.2 cm³/mol. The molecule has 0 spiro atoms. The minimum Gasteiger partial charge on any atom is -0.489 e. The first-order chi connectivity index (χ1) is 12.9. The van der Waals surface area contributed by atoms with Crippen molar-refractivity contribution in [3.63, 3.8) is 0 Å². The number of hydrogen-bond donors (Lipinski definition) is 0. The predicted octanol–water partition coefficient (Wildman–Crippen LogP) is 6.45. The lowest BCUT2D eigenvalue weighted by molar-refractivity contribution is -0.138. The van der Waals surface area contributed by atoms with Gasteiger partial charge in [-0.05, 0) is 54.5 Å². The molecule has 3 rings (SSSR count). The third kappa shape index (κ3) is 4.71. The van der Waals surface area contributed by atoms with E-state index in [4.69, 9.17) is 4.74 Å². The monoisotopic (exact) mass is 376 g/mol. The highest BCUT2D eigenvalue weighted by Gasteiger charge is 2.36. The van der Waals surface area contributed by atoms with Crippen molar-refractivity contribution in [2.45, 2.75) is 57.7 Å². The first-order valence-corrected chi connectivity index (χ1v) is 9.27. The van der Waals surface area contributed by atoms with Crippen molar-refractivity contribution >= 4 is 6.29 Å². The molecule has 0 unspecified atom stereocenters. The largest absolute Gasteiger partial charge is 0.489 e. The average Bonchev–Trinajstić information content (AvgIpc) is 2.66. The van der Waals surface area contributed by atoms with E-state index >= 15 is 0 Å². The highest BCUT2D eigenvalue weighted by molar-refractivity contribution is 5.77. The van der Waals surface area contributed by atoms with Crippen LogP contribution >= 0.6 is 0 Å². The maximum atomic E-state index is 13.6. The van der Waals surface area contributed by atoms with E-state index in [1.807, 2.05) is 13.0 Å². The van der Waals surface area contributed by atoms with Gasteiger partial charge in [-0.15, -0.1) is 0 Å². The molecule has 0 N–H and O–H groups in total. The Bertz CT molecular complexity index is 806. The number of benzene rings is 2. The summed E-state index contributed by atoms with van der Waals surface area (Å²) in [4.78, 5) is 10.9. The van der Waals surface area contributed by atoms with Crippen molar-refractivity contribution in [3.05, 3.63) is 64.2 Å². The number of ether oxygens (including phenoxy) is 1. The summed E-state index contributed by atoms with van der Waals surface area (Å²) >= 11 is 0. The molecule has 2 aromatic carbocycles. The first kappa shape index (κ1) is 19.5. The van der Waals surface area contributed by atoms with Crippen molar-refractivity contribution in [1.82, 2.24) is 0 Å². The second kappa shape index (κ2) is 8.15. The fourth-order valence-corrected chi connectivity index (χ4v) is 3.77. The van der Waals surface area contributed by atoms with Gasteiger partial charge in [0.2, 0.25) is 0 Å². The van der Waals surface area contributed by atoms with Crippen molar-refractivity contribution in [2.75, 3.05) is 0 Å². The van der Waals surface area contributed by atoms with Crippen LogP contribution in [0.25, 0.3) is 0 Å². The molecule has 0 aliphatic heterocycles. The normalized spacial score (nSPS) is 15.6. The van der Waals surface area contributed by atoms with E-state index in [0.29, 0.717) is 11.1 Å². The molecule has 144 valence electrons. The lowest BCUT2D eigenvalue weighted by Crippen LogP contribution is -2.14. The van der Waals surface area contributed by atoms with Crippen LogP contribution < -0.4 is 4.74 Å². The molecule has 2 aromatic rings. The Morgan fingerprint density at radius 3 is 2.44 bits per heavy atom. The lowest BCUT2D eigenvalue weighted by atomic mass is 9.82. The molecular weight excluding hydrogens is 353 g/mol. The standard InChI is InChI=1S/C22H23F3O2/c1-15-11-16(7-8-18(15)13-26)14-27-19-9-10-20(17-5-3-2-4-6-17)21(12-19)22(23,24)25/h7-13,17H,2-6,14H2,1H3. The minimum atomic E-state index is -4.39. The van der Waals surface area contributed by atoms with E-state index in [1.165, 1.54) is 0 Å². The number of halogens is 3. The van der Waals surface area contributed by atoms with Crippen LogP contribution in [0.2, 0.25) is 0 Å². The molecule has 5 heteroatoms. The Hall–Kier alpha value is -2.30. The van der Waals surface area contributed by atoms with E-state index < -0.39 is 11.7 Å². The molecule has 0 amide bonds. The fraction of sp³-hybridized carbons (Fsp3) is 0.409. The number of alkyl halides is 3. The molecule has 1 fully saturated rings. The minimum absolute atomic E-state index is 0.0250. The van der Waals surface area contributed by atoms with Crippen LogP contribution in [0.15, 0.2) is 36.4 Å². The lowest BCUT2D eigenvalue weighted by Gasteiger charge is -2.25. The van der Waals surface area contributed by atoms with Gasteiger partial charge in [0.25, 0.3) is 0 Å². The van der Waals surface area contributed by atoms with Crippen LogP contribution in [0.3, 0.4) is 0 Å². The summed E-state index contributed by atoms with van der Waals surface area (Å²) in [5.41, 5.74) is 2.02. The molecule has 1 aliphatic carbocycles. The average molecular weight is 376 g/mol. The quantitative estimate of drug-likeness (QED) is 0.560. The van der Waals surface area contributed by atoms with Crippen molar-refractivity contribution in [3.8, 4) is 5.75 Å². The molecule has 0 aromatic heterocycles. The SMILES string of the molecule is Cc1cc(COc2ccc(C3CCCCC3)c(C(F)(F)F)c2)ccc1C=O. The van der Waals surface area contributed by atoms with Gasteiger partial charge in [0.05, 0.1) is 5.56 Å². The van der Waals surface area contributed by atoms with Crippen molar-refractivity contribution in [1.29, 1.82) is 0 Å². The number of hydrogen-bond acceptors (Lipinski definition) is 2. The maximum Gasteiger partial charge on any atom is 0.416 e. The number of carbonyl (C=O) groups excluding carboxylic acids is 1. The van der Waals surface area contributed by atoms with Crippen molar-refractivity contribution in [2.24, 2.45) is 0 Å². The van der Waals surface area contributed by atoms with E-state index in [0.717, 1.165) is 55.6 Å². The summed E-state index contributed by atoms with van der Waals surface area (Å²) in [7, 11) is 0. The maximum absolute atomic E-state index is 13.6. The van der Waals surface area contributed by atoms with Crippen LogP contribution in [-0.2, 0) is 12.8 Å². The highest BCUT2D eigenvalue weighted by atomic mass is 19.4. The van der Waals surface area contributed by atoms with Gasteiger partial charge in [-0.1, -0.05) is 43.5 Å². The van der Waals surface area contributed by atoms with Gasteiger partial charge in [0, 0.05) is 5.56 Å². The van der Waals surface area contributed by atoms with Gasteiger partial charge < -0.3 is 4.74 Å². The molecular formula is C22H23F3O2. The number of aldehydes is 1. The summed E-state index contributed by atoms with van der Waals surface area (Å²) in [5.74, 6) is 0.182. The van der Waals surface area contributed by atoms with Gasteiger partial charge in [-0.2, -0.15) is 13.2 Å². The summed E-state index contributed by atoms with van der Waals surface area (Å²) in [6, 6.07) is 9.58. The zero-order valence-electron chi connectivity index (χ0n) is 15.3. The van der Waals surface area contributed by atoms with Gasteiger partial charge >= 0.3 is 6.18 Å². The third-order valence-corrected chi connectivity index (χ3v) is 5.24. The zero-order valence-corrected chi connectivity index (χ0v) is 15.3. The van der Waals surface area contributed by atoms with Crippen molar-refractivity contribution < 1.29 is 22.7 Å². The van der Waals surface area contributed by atoms with Crippen LogP contribution in [-0.4, -0.2) is 6.29 Å². The third-order valence-electron chi connectivity index (χ3n) is 5.24. The van der Waals surface area contributed by atoms with Gasteiger partial charge in [0.1, 0.15) is 18.6 Å². The number of rotatable bonds is 5. The Balaban J connectivity index is 1.80. The summed E-state index contributed by atoms with van der Waals surface area (Å²) in [6.45, 7) is 1.97. The molecule has 0 heterocycles. The molecule has 27 heavy (non-hydrogen) atoms. The van der Waals surface area contributed by atoms with E-state index in [1.54, 1.807) is 24.3 Å². The Morgan fingerprint density at radius 2 is 1.81 bits per heavy atom. The molecule has 0 atom stereocenters. The second-order valence-corrected chi connectivity index (χ2v) is 7.18. The zero-order chi connectivity index (χ0) is 19.4. The molecule has 0 radical (unpaired) electrons. The molecule has 0 saturated heterocycles. The van der Waals surface area contributed by atoms with Gasteiger partial charge in [-0.25, -0.2) is 0 Å². The summed E-state index contributed by atoms with van der Waals surface area (Å²) < 4.78 is 46.4. The molecule has 1 saturated carbocycles. The van der Waals surface area contributed by atoms with E-state index in [2.05, 4.69) is 0 Å². The van der Waals surface area contributed by atoms with E-state index in [9.17, 15) is 18.0 Å². The Labute approximate surface area is 157 Å². The van der Waals surface area contributed by atoms with Crippen LogP contribution in [0.4, 0.5) is 13.2 Å². The topological polar surface area (TPSA) is 26.3 Å². The highest BCUT2D eigenvalue weighted by Crippen LogP contribution is 2.42. The van der Waals surface area contributed by atoms with Gasteiger partial charge in [0.15, 0.2) is 0 Å². The van der Waals surface area contributed by atoms with Crippen LogP contribution in [0.1, 0.15) is 70.6 Å². The second-order valence-electron chi connectivity index (χ2n) is 7.18. The smallest absolute Gasteiger partial charge is 0.416 e. The summed E-state index contributed by atoms with van der Waals surface area (Å²) in [5, 5.41) is 0. The van der Waals surface area contributed by atoms with Crippen LogP contribution in [0.5, 0.6) is 5.75 Å². The van der Waals surface area contributed by atoms with Crippen LogP contribution in [0, 0.1) is 6.92 Å². The first-order valence-electron chi connectivity index (χ1n) is 9.27. The Kier molecular flexibility index (Phi) is 5.88. The molecule has 2 nitrogen and oxygen atoms in total. The fourth-order valence-electron chi connectivity index (χ4n) is 3.77. The Morgan fingerprint density at radius 1 is 1.07 bits per heavy atom. The number of aryl methyl sites for hydroxylation is 1. The number of carbonyl (C=O) groups is 1. The van der Waals surface area contributed by atoms with Gasteiger partial charge in [-0.3, -0.25) is 4.79 Å².